The van der Waals surface area contributed by atoms with Crippen molar-refractivity contribution in [3.05, 3.63) is 40.7 Å². The van der Waals surface area contributed by atoms with Crippen LogP contribution in [-0.4, -0.2) is 34.0 Å². The van der Waals surface area contributed by atoms with Gasteiger partial charge in [-0.05, 0) is 56.4 Å². The largest absolute Gasteiger partial charge is 0.504 e. The van der Waals surface area contributed by atoms with Gasteiger partial charge in [0.25, 0.3) is 5.91 Å². The summed E-state index contributed by atoms with van der Waals surface area (Å²) in [5.41, 5.74) is 5.67. The van der Waals surface area contributed by atoms with Crippen LogP contribution in [0, 0.1) is 0 Å². The van der Waals surface area contributed by atoms with E-state index in [1.54, 1.807) is 12.1 Å². The lowest BCUT2D eigenvalue weighted by Gasteiger charge is -2.10. The zero-order chi connectivity index (χ0) is 16.9. The predicted molar refractivity (Wildman–Crippen MR) is 89.6 cm³/mol. The van der Waals surface area contributed by atoms with Crippen molar-refractivity contribution in [2.75, 3.05) is 6.61 Å². The molecule has 0 spiro atoms. The number of phenols is 1. The van der Waals surface area contributed by atoms with Gasteiger partial charge in [-0.2, -0.15) is 10.2 Å². The maximum atomic E-state index is 12.2. The van der Waals surface area contributed by atoms with E-state index in [2.05, 4.69) is 20.7 Å². The van der Waals surface area contributed by atoms with Gasteiger partial charge < -0.3 is 9.84 Å². The van der Waals surface area contributed by atoms with Crippen molar-refractivity contribution in [2.24, 2.45) is 5.10 Å². The molecule has 0 radical (unpaired) electrons. The van der Waals surface area contributed by atoms with Crippen molar-refractivity contribution < 1.29 is 14.6 Å². The van der Waals surface area contributed by atoms with E-state index < -0.39 is 0 Å². The zero-order valence-electron chi connectivity index (χ0n) is 13.5. The summed E-state index contributed by atoms with van der Waals surface area (Å²) in [4.78, 5) is 12.2. The Bertz CT molecular complexity index is 767. The number of fused-ring (bicyclic) bond motifs is 1. The number of carbonyl (C=O) groups is 1. The molecule has 7 heteroatoms. The second-order valence-corrected chi connectivity index (χ2v) is 5.60. The zero-order valence-corrected chi connectivity index (χ0v) is 13.5. The summed E-state index contributed by atoms with van der Waals surface area (Å²) in [6.45, 7) is 2.29. The first-order valence-electron chi connectivity index (χ1n) is 8.04. The van der Waals surface area contributed by atoms with Gasteiger partial charge in [-0.25, -0.2) is 5.43 Å². The van der Waals surface area contributed by atoms with Crippen LogP contribution in [0.2, 0.25) is 0 Å². The number of H-pyrrole nitrogens is 1. The number of hydrazone groups is 1. The number of aromatic hydroxyl groups is 1. The van der Waals surface area contributed by atoms with Gasteiger partial charge in [-0.3, -0.25) is 9.89 Å². The first kappa shape index (κ1) is 16.0. The van der Waals surface area contributed by atoms with Crippen molar-refractivity contribution in [3.63, 3.8) is 0 Å². The summed E-state index contributed by atoms with van der Waals surface area (Å²) in [7, 11) is 0. The molecular formula is C17H20N4O3. The highest BCUT2D eigenvalue weighted by molar-refractivity contribution is 5.94. The summed E-state index contributed by atoms with van der Waals surface area (Å²) in [5, 5.41) is 20.7. The van der Waals surface area contributed by atoms with Crippen LogP contribution >= 0.6 is 0 Å². The van der Waals surface area contributed by atoms with Crippen LogP contribution in [0.5, 0.6) is 11.5 Å². The fourth-order valence-electron chi connectivity index (χ4n) is 2.77. The fraction of sp³-hybridized carbons (Fsp3) is 0.353. The lowest BCUT2D eigenvalue weighted by Crippen LogP contribution is -2.20. The van der Waals surface area contributed by atoms with Crippen LogP contribution in [0.25, 0.3) is 0 Å². The number of aromatic nitrogens is 2. The molecule has 0 saturated heterocycles. The van der Waals surface area contributed by atoms with E-state index in [0.717, 1.165) is 36.9 Å². The molecule has 1 aliphatic rings. The number of carbonyl (C=O) groups excluding carboxylic acids is 1. The highest BCUT2D eigenvalue weighted by atomic mass is 16.5. The van der Waals surface area contributed by atoms with E-state index in [1.165, 1.54) is 12.3 Å². The minimum atomic E-state index is -0.325. The monoisotopic (exact) mass is 328 g/mol. The Kier molecular flexibility index (Phi) is 4.79. The normalized spacial score (nSPS) is 13.7. The second-order valence-electron chi connectivity index (χ2n) is 5.60. The average Bonchev–Trinajstić information content (AvgIpc) is 3.02. The lowest BCUT2D eigenvalue weighted by atomic mass is 9.96. The highest BCUT2D eigenvalue weighted by Gasteiger charge is 2.21. The molecule has 0 fully saturated rings. The summed E-state index contributed by atoms with van der Waals surface area (Å²) in [5.74, 6) is 0.129. The smallest absolute Gasteiger partial charge is 0.292 e. The number of hydrogen-bond donors (Lipinski definition) is 3. The summed E-state index contributed by atoms with van der Waals surface area (Å²) < 4.78 is 5.31. The molecule has 0 atom stereocenters. The van der Waals surface area contributed by atoms with Gasteiger partial charge in [-0.1, -0.05) is 0 Å². The van der Waals surface area contributed by atoms with Crippen LogP contribution in [0.4, 0.5) is 0 Å². The number of hydrogen-bond acceptors (Lipinski definition) is 5. The maximum Gasteiger partial charge on any atom is 0.292 e. The summed E-state index contributed by atoms with van der Waals surface area (Å²) in [6, 6.07) is 4.87. The SMILES string of the molecule is CCOc1cc(/C=N/NC(=O)c2n[nH]c3c2CCCC3)ccc1O. The van der Waals surface area contributed by atoms with E-state index in [-0.39, 0.29) is 11.7 Å². The molecule has 1 aromatic heterocycles. The molecule has 1 amide bonds. The Morgan fingerprint density at radius 2 is 2.29 bits per heavy atom. The molecule has 24 heavy (non-hydrogen) atoms. The quantitative estimate of drug-likeness (QED) is 0.578. The average molecular weight is 328 g/mol. The Hall–Kier alpha value is -2.83. The Balaban J connectivity index is 1.67. The van der Waals surface area contributed by atoms with Gasteiger partial charge in [0.05, 0.1) is 12.8 Å². The number of aryl methyl sites for hydroxylation is 1. The van der Waals surface area contributed by atoms with Crippen LogP contribution in [0.15, 0.2) is 23.3 Å². The first-order valence-corrected chi connectivity index (χ1v) is 8.04. The number of amides is 1. The van der Waals surface area contributed by atoms with Crippen molar-refractivity contribution >= 4 is 12.1 Å². The Morgan fingerprint density at radius 1 is 1.46 bits per heavy atom. The van der Waals surface area contributed by atoms with Gasteiger partial charge in [0.15, 0.2) is 17.2 Å². The number of aromatic amines is 1. The second kappa shape index (κ2) is 7.16. The van der Waals surface area contributed by atoms with Gasteiger partial charge in [-0.15, -0.1) is 0 Å². The van der Waals surface area contributed by atoms with Gasteiger partial charge in [0.2, 0.25) is 0 Å². The van der Waals surface area contributed by atoms with E-state index in [4.69, 9.17) is 4.74 Å². The number of rotatable bonds is 5. The minimum Gasteiger partial charge on any atom is -0.504 e. The van der Waals surface area contributed by atoms with Crippen LogP contribution < -0.4 is 10.2 Å². The third-order valence-corrected chi connectivity index (χ3v) is 3.93. The van der Waals surface area contributed by atoms with Crippen LogP contribution in [-0.2, 0) is 12.8 Å². The molecule has 0 bridgehead atoms. The maximum absolute atomic E-state index is 12.2. The summed E-state index contributed by atoms with van der Waals surface area (Å²) >= 11 is 0. The minimum absolute atomic E-state index is 0.0705. The summed E-state index contributed by atoms with van der Waals surface area (Å²) in [6.07, 6.45) is 5.50. The third-order valence-electron chi connectivity index (χ3n) is 3.93. The number of ether oxygens (including phenoxy) is 1. The van der Waals surface area contributed by atoms with Crippen LogP contribution in [0.3, 0.4) is 0 Å². The molecule has 1 aromatic carbocycles. The topological polar surface area (TPSA) is 99.6 Å². The molecule has 2 aromatic rings. The Morgan fingerprint density at radius 3 is 3.12 bits per heavy atom. The molecule has 0 saturated carbocycles. The standard InChI is InChI=1S/C17H20N4O3/c1-2-24-15-9-11(7-8-14(15)22)10-18-21-17(23)16-12-5-3-4-6-13(12)19-20-16/h7-10,22H,2-6H2,1H3,(H,19,20)(H,21,23)/b18-10+. The number of nitrogens with zero attached hydrogens (tertiary/aromatic N) is 2. The van der Waals surface area contributed by atoms with Gasteiger partial charge >= 0.3 is 0 Å². The molecule has 7 nitrogen and oxygen atoms in total. The van der Waals surface area contributed by atoms with Gasteiger partial charge in [0, 0.05) is 11.3 Å². The molecule has 126 valence electrons. The van der Waals surface area contributed by atoms with Crippen molar-refractivity contribution in [1.29, 1.82) is 0 Å². The number of phenolic OH excluding ortho intramolecular Hbond substituents is 1. The van der Waals surface area contributed by atoms with E-state index in [9.17, 15) is 9.90 Å². The fourth-order valence-corrected chi connectivity index (χ4v) is 2.77. The van der Waals surface area contributed by atoms with Crippen molar-refractivity contribution in [2.45, 2.75) is 32.6 Å². The molecule has 0 unspecified atom stereocenters. The first-order chi connectivity index (χ1) is 11.7. The Labute approximate surface area is 139 Å². The highest BCUT2D eigenvalue weighted by Crippen LogP contribution is 2.26. The van der Waals surface area contributed by atoms with Crippen molar-refractivity contribution in [1.82, 2.24) is 15.6 Å². The van der Waals surface area contributed by atoms with Crippen LogP contribution in [0.1, 0.15) is 47.1 Å². The van der Waals surface area contributed by atoms with E-state index in [1.807, 2.05) is 6.92 Å². The number of nitrogens with one attached hydrogen (secondary N) is 2. The predicted octanol–water partition coefficient (Wildman–Crippen LogP) is 2.16. The molecular weight excluding hydrogens is 308 g/mol. The lowest BCUT2D eigenvalue weighted by molar-refractivity contribution is 0.0949. The third kappa shape index (κ3) is 3.40. The molecule has 3 N–H and O–H groups in total. The molecule has 1 heterocycles. The van der Waals surface area contributed by atoms with Gasteiger partial charge in [0.1, 0.15) is 0 Å². The van der Waals surface area contributed by atoms with Crippen molar-refractivity contribution in [3.8, 4) is 11.5 Å². The van der Waals surface area contributed by atoms with E-state index >= 15 is 0 Å². The molecule has 1 aliphatic carbocycles. The molecule has 3 rings (SSSR count). The number of benzene rings is 1. The molecule has 0 aliphatic heterocycles. The van der Waals surface area contributed by atoms with E-state index in [0.29, 0.717) is 23.6 Å².